The van der Waals surface area contributed by atoms with Crippen molar-refractivity contribution in [1.82, 2.24) is 9.80 Å². The molecule has 0 saturated heterocycles. The summed E-state index contributed by atoms with van der Waals surface area (Å²) in [5.41, 5.74) is 0.882. The predicted molar refractivity (Wildman–Crippen MR) is 86.3 cm³/mol. The number of amides is 1. The number of aliphatic hydroxyl groups is 1. The molecular formula is C17H22N2O4. The first kappa shape index (κ1) is 17.0. The first-order valence-corrected chi connectivity index (χ1v) is 7.40. The van der Waals surface area contributed by atoms with Crippen molar-refractivity contribution in [3.8, 4) is 5.75 Å². The average molecular weight is 318 g/mol. The lowest BCUT2D eigenvalue weighted by Crippen LogP contribution is -2.36. The molecule has 124 valence electrons. The quantitative estimate of drug-likeness (QED) is 0.861. The van der Waals surface area contributed by atoms with E-state index in [0.29, 0.717) is 18.8 Å². The van der Waals surface area contributed by atoms with E-state index >= 15 is 0 Å². The van der Waals surface area contributed by atoms with Gasteiger partial charge < -0.3 is 19.6 Å². The third-order valence-corrected chi connectivity index (χ3v) is 3.88. The number of carbonyl (C=O) groups excluding carboxylic acids is 2. The molecule has 1 N–H and O–H groups in total. The van der Waals surface area contributed by atoms with Gasteiger partial charge in [-0.2, -0.15) is 0 Å². The Labute approximate surface area is 136 Å². The molecule has 6 nitrogen and oxygen atoms in total. The topological polar surface area (TPSA) is 70.1 Å². The zero-order valence-electron chi connectivity index (χ0n) is 13.9. The Bertz CT molecular complexity index is 652. The molecule has 0 spiro atoms. The second-order valence-electron chi connectivity index (χ2n) is 5.80. The van der Waals surface area contributed by atoms with Crippen LogP contribution in [0.2, 0.25) is 0 Å². The summed E-state index contributed by atoms with van der Waals surface area (Å²) in [7, 11) is 5.36. The SMILES string of the molecule is COc1cccc([C@H]2C(C(C)=O)=C(O)C(=O)N2CCN(C)C)c1. The van der Waals surface area contributed by atoms with Crippen LogP contribution >= 0.6 is 0 Å². The number of likely N-dealkylation sites (N-methyl/N-ethyl adjacent to an activating group) is 1. The van der Waals surface area contributed by atoms with Gasteiger partial charge in [-0.1, -0.05) is 12.1 Å². The van der Waals surface area contributed by atoms with E-state index in [4.69, 9.17) is 4.74 Å². The summed E-state index contributed by atoms with van der Waals surface area (Å²) in [6, 6.07) is 6.61. The van der Waals surface area contributed by atoms with Crippen LogP contribution in [0, 0.1) is 0 Å². The highest BCUT2D eigenvalue weighted by Crippen LogP contribution is 2.38. The maximum atomic E-state index is 12.4. The second kappa shape index (κ2) is 6.83. The number of hydrogen-bond donors (Lipinski definition) is 1. The highest BCUT2D eigenvalue weighted by Gasteiger charge is 2.42. The second-order valence-corrected chi connectivity index (χ2v) is 5.80. The van der Waals surface area contributed by atoms with Crippen molar-refractivity contribution in [2.45, 2.75) is 13.0 Å². The molecule has 0 saturated carbocycles. The van der Waals surface area contributed by atoms with Gasteiger partial charge in [-0.15, -0.1) is 0 Å². The van der Waals surface area contributed by atoms with Gasteiger partial charge in [0.1, 0.15) is 5.75 Å². The van der Waals surface area contributed by atoms with E-state index in [-0.39, 0.29) is 11.4 Å². The molecule has 1 aliphatic heterocycles. The Morgan fingerprint density at radius 3 is 2.65 bits per heavy atom. The number of benzene rings is 1. The molecule has 0 radical (unpaired) electrons. The monoisotopic (exact) mass is 318 g/mol. The minimum Gasteiger partial charge on any atom is -0.503 e. The van der Waals surface area contributed by atoms with Crippen LogP contribution in [-0.4, -0.2) is 60.9 Å². The first-order valence-electron chi connectivity index (χ1n) is 7.40. The Morgan fingerprint density at radius 1 is 1.39 bits per heavy atom. The summed E-state index contributed by atoms with van der Waals surface area (Å²) < 4.78 is 5.22. The number of ether oxygens (including phenoxy) is 1. The normalized spacial score (nSPS) is 18.0. The van der Waals surface area contributed by atoms with E-state index in [2.05, 4.69) is 0 Å². The number of ketones is 1. The molecule has 1 atom stereocenters. The van der Waals surface area contributed by atoms with Crippen molar-refractivity contribution in [1.29, 1.82) is 0 Å². The fourth-order valence-corrected chi connectivity index (χ4v) is 2.71. The molecule has 6 heteroatoms. The fourth-order valence-electron chi connectivity index (χ4n) is 2.71. The molecule has 2 rings (SSSR count). The van der Waals surface area contributed by atoms with Crippen LogP contribution in [-0.2, 0) is 9.59 Å². The van der Waals surface area contributed by atoms with Crippen LogP contribution in [0.4, 0.5) is 0 Å². The van der Waals surface area contributed by atoms with E-state index in [1.54, 1.807) is 25.3 Å². The van der Waals surface area contributed by atoms with Crippen LogP contribution in [0.5, 0.6) is 5.75 Å². The van der Waals surface area contributed by atoms with Crippen molar-refractivity contribution in [3.63, 3.8) is 0 Å². The Morgan fingerprint density at radius 2 is 2.09 bits per heavy atom. The summed E-state index contributed by atoms with van der Waals surface area (Å²) in [5, 5.41) is 10.1. The number of hydrogen-bond acceptors (Lipinski definition) is 5. The number of nitrogens with zero attached hydrogens (tertiary/aromatic N) is 2. The predicted octanol–water partition coefficient (Wildman–Crippen LogP) is 1.54. The van der Waals surface area contributed by atoms with Gasteiger partial charge in [0.2, 0.25) is 0 Å². The molecule has 1 aliphatic rings. The molecule has 23 heavy (non-hydrogen) atoms. The third kappa shape index (κ3) is 3.37. The smallest absolute Gasteiger partial charge is 0.290 e. The molecule has 0 bridgehead atoms. The molecule has 0 aliphatic carbocycles. The molecule has 0 fully saturated rings. The van der Waals surface area contributed by atoms with Gasteiger partial charge in [0, 0.05) is 13.1 Å². The summed E-state index contributed by atoms with van der Waals surface area (Å²) >= 11 is 0. The van der Waals surface area contributed by atoms with E-state index in [1.807, 2.05) is 25.1 Å². The zero-order chi connectivity index (χ0) is 17.1. The average Bonchev–Trinajstić information content (AvgIpc) is 2.77. The maximum Gasteiger partial charge on any atom is 0.290 e. The zero-order valence-corrected chi connectivity index (χ0v) is 13.9. The van der Waals surface area contributed by atoms with Gasteiger partial charge >= 0.3 is 0 Å². The molecule has 1 amide bonds. The van der Waals surface area contributed by atoms with Crippen LogP contribution in [0.1, 0.15) is 18.5 Å². The highest BCUT2D eigenvalue weighted by atomic mass is 16.5. The molecule has 1 heterocycles. The van der Waals surface area contributed by atoms with Crippen LogP contribution in [0.3, 0.4) is 0 Å². The maximum absolute atomic E-state index is 12.4. The Balaban J connectivity index is 2.46. The lowest BCUT2D eigenvalue weighted by molar-refractivity contribution is -0.129. The van der Waals surface area contributed by atoms with Crippen molar-refractivity contribution >= 4 is 11.7 Å². The number of aliphatic hydroxyl groups excluding tert-OH is 1. The van der Waals surface area contributed by atoms with Crippen LogP contribution in [0.15, 0.2) is 35.6 Å². The van der Waals surface area contributed by atoms with Gasteiger partial charge in [-0.25, -0.2) is 0 Å². The molecular weight excluding hydrogens is 296 g/mol. The van der Waals surface area contributed by atoms with Crippen molar-refractivity contribution in [2.75, 3.05) is 34.3 Å². The molecule has 1 aromatic carbocycles. The number of methoxy groups -OCH3 is 1. The highest BCUT2D eigenvalue weighted by molar-refractivity contribution is 6.08. The van der Waals surface area contributed by atoms with E-state index in [0.717, 1.165) is 5.56 Å². The van der Waals surface area contributed by atoms with Crippen LogP contribution < -0.4 is 4.74 Å². The summed E-state index contributed by atoms with van der Waals surface area (Å²) in [6.07, 6.45) is 0. The lowest BCUT2D eigenvalue weighted by Gasteiger charge is -2.28. The number of carbonyl (C=O) groups is 2. The van der Waals surface area contributed by atoms with Gasteiger partial charge in [0.15, 0.2) is 11.5 Å². The van der Waals surface area contributed by atoms with Crippen molar-refractivity contribution in [3.05, 3.63) is 41.2 Å². The fraction of sp³-hybridized carbons (Fsp3) is 0.412. The Hall–Kier alpha value is -2.34. The van der Waals surface area contributed by atoms with Gasteiger partial charge in [-0.3, -0.25) is 9.59 Å². The van der Waals surface area contributed by atoms with Gasteiger partial charge in [0.05, 0.1) is 18.7 Å². The minimum atomic E-state index is -0.588. The largest absolute Gasteiger partial charge is 0.503 e. The van der Waals surface area contributed by atoms with E-state index in [1.165, 1.54) is 11.8 Å². The minimum absolute atomic E-state index is 0.141. The van der Waals surface area contributed by atoms with Gasteiger partial charge in [0.25, 0.3) is 5.91 Å². The van der Waals surface area contributed by atoms with Crippen molar-refractivity contribution in [2.24, 2.45) is 0 Å². The molecule has 0 unspecified atom stereocenters. The number of rotatable bonds is 6. The van der Waals surface area contributed by atoms with E-state index in [9.17, 15) is 14.7 Å². The summed E-state index contributed by atoms with van der Waals surface area (Å²) in [6.45, 7) is 2.40. The summed E-state index contributed by atoms with van der Waals surface area (Å²) in [5.74, 6) is -0.637. The van der Waals surface area contributed by atoms with Crippen LogP contribution in [0.25, 0.3) is 0 Å². The van der Waals surface area contributed by atoms with Gasteiger partial charge in [-0.05, 0) is 38.7 Å². The summed E-state index contributed by atoms with van der Waals surface area (Å²) in [4.78, 5) is 27.8. The lowest BCUT2D eigenvalue weighted by atomic mass is 9.96. The van der Waals surface area contributed by atoms with E-state index < -0.39 is 17.7 Å². The number of Topliss-reactive ketones (excluding diaryl/α,β-unsaturated/α-hetero) is 1. The van der Waals surface area contributed by atoms with Crippen molar-refractivity contribution < 1.29 is 19.4 Å². The first-order chi connectivity index (χ1) is 10.9. The third-order valence-electron chi connectivity index (χ3n) is 3.88. The standard InChI is InChI=1S/C17H22N2O4/c1-11(20)14-15(12-6-5-7-13(10-12)23-4)19(9-8-18(2)3)17(22)16(14)21/h5-7,10,15,21H,8-9H2,1-4H3/t15-/m0/s1. The molecule has 1 aromatic rings. The molecule has 0 aromatic heterocycles. The Kier molecular flexibility index (Phi) is 5.05.